The van der Waals surface area contributed by atoms with Crippen LogP contribution in [0.2, 0.25) is 5.02 Å². The van der Waals surface area contributed by atoms with E-state index in [1.165, 1.54) is 25.0 Å². The fourth-order valence-electron chi connectivity index (χ4n) is 4.28. The first-order valence-electron chi connectivity index (χ1n) is 10.4. The number of benzene rings is 1. The van der Waals surface area contributed by atoms with E-state index in [4.69, 9.17) is 11.6 Å². The zero-order valence-corrected chi connectivity index (χ0v) is 18.1. The van der Waals surface area contributed by atoms with Gasteiger partial charge in [-0.1, -0.05) is 18.5 Å². The van der Waals surface area contributed by atoms with Crippen LogP contribution >= 0.6 is 11.6 Å². The Labute approximate surface area is 173 Å². The third kappa shape index (κ3) is 5.94. The van der Waals surface area contributed by atoms with Gasteiger partial charge in [-0.3, -0.25) is 4.79 Å². The van der Waals surface area contributed by atoms with Crippen molar-refractivity contribution in [1.29, 1.82) is 0 Å². The summed E-state index contributed by atoms with van der Waals surface area (Å²) >= 11 is 5.82. The summed E-state index contributed by atoms with van der Waals surface area (Å²) in [4.78, 5) is 12.8. The van der Waals surface area contributed by atoms with Crippen molar-refractivity contribution in [1.82, 2.24) is 10.0 Å². The van der Waals surface area contributed by atoms with Gasteiger partial charge in [0.2, 0.25) is 15.9 Å². The summed E-state index contributed by atoms with van der Waals surface area (Å²) in [7, 11) is -3.52. The van der Waals surface area contributed by atoms with E-state index in [0.29, 0.717) is 17.6 Å². The largest absolute Gasteiger partial charge is 0.353 e. The Balaban J connectivity index is 1.41. The molecule has 0 aliphatic heterocycles. The summed E-state index contributed by atoms with van der Waals surface area (Å²) < 4.78 is 27.5. The second-order valence-corrected chi connectivity index (χ2v) is 10.7. The predicted molar refractivity (Wildman–Crippen MR) is 112 cm³/mol. The topological polar surface area (TPSA) is 75.3 Å². The van der Waals surface area contributed by atoms with E-state index in [1.807, 2.05) is 0 Å². The second-order valence-electron chi connectivity index (χ2n) is 8.49. The molecule has 0 bridgehead atoms. The highest BCUT2D eigenvalue weighted by atomic mass is 35.5. The van der Waals surface area contributed by atoms with E-state index in [9.17, 15) is 13.2 Å². The number of sulfonamides is 1. The predicted octanol–water partition coefficient (Wildman–Crippen LogP) is 4.12. The molecule has 0 saturated heterocycles. The minimum Gasteiger partial charge on any atom is -0.353 e. The van der Waals surface area contributed by atoms with E-state index in [0.717, 1.165) is 44.4 Å². The van der Waals surface area contributed by atoms with Gasteiger partial charge in [0.1, 0.15) is 0 Å². The normalized spacial score (nSPS) is 28.6. The maximum absolute atomic E-state index is 12.6. The zero-order chi connectivity index (χ0) is 20.1. The third-order valence-electron chi connectivity index (χ3n) is 6.27. The van der Waals surface area contributed by atoms with Crippen molar-refractivity contribution < 1.29 is 13.2 Å². The molecule has 2 aliphatic carbocycles. The lowest BCUT2D eigenvalue weighted by Crippen LogP contribution is -2.42. The molecular formula is C21H31ClN2O3S. The lowest BCUT2D eigenvalue weighted by atomic mass is 9.81. The van der Waals surface area contributed by atoms with Gasteiger partial charge < -0.3 is 5.32 Å². The number of hydrogen-bond donors (Lipinski definition) is 2. The maximum atomic E-state index is 12.6. The minimum atomic E-state index is -3.52. The molecule has 0 unspecified atom stereocenters. The first kappa shape index (κ1) is 21.6. The molecule has 7 heteroatoms. The lowest BCUT2D eigenvalue weighted by Gasteiger charge is -2.31. The Morgan fingerprint density at radius 2 is 1.61 bits per heavy atom. The molecule has 0 atom stereocenters. The molecule has 1 amide bonds. The second kappa shape index (κ2) is 9.59. The Bertz CT molecular complexity index is 750. The molecule has 3 rings (SSSR count). The van der Waals surface area contributed by atoms with E-state index in [-0.39, 0.29) is 22.6 Å². The molecule has 1 aromatic carbocycles. The van der Waals surface area contributed by atoms with E-state index in [1.54, 1.807) is 12.1 Å². The van der Waals surface area contributed by atoms with Gasteiger partial charge in [0, 0.05) is 23.5 Å². The van der Waals surface area contributed by atoms with Crippen LogP contribution in [-0.2, 0) is 14.8 Å². The molecule has 2 N–H and O–H groups in total. The standard InChI is InChI=1S/C21H31ClN2O3S/c1-15-2-10-19(11-3-15)24-21(25)17-6-4-16(5-7-17)14-23-28(26,27)20-12-8-18(22)9-13-20/h8-9,12-13,15-17,19,23H,2-7,10-11,14H2,1H3,(H,24,25). The number of rotatable bonds is 6. The number of carbonyl (C=O) groups is 1. The van der Waals surface area contributed by atoms with Crippen molar-refractivity contribution in [3.8, 4) is 0 Å². The number of halogens is 1. The zero-order valence-electron chi connectivity index (χ0n) is 16.5. The molecule has 2 fully saturated rings. The summed E-state index contributed by atoms with van der Waals surface area (Å²) in [6.07, 6.45) is 8.01. The summed E-state index contributed by atoms with van der Waals surface area (Å²) in [6.45, 7) is 2.69. The highest BCUT2D eigenvalue weighted by Gasteiger charge is 2.29. The van der Waals surface area contributed by atoms with Crippen LogP contribution in [0.15, 0.2) is 29.2 Å². The minimum absolute atomic E-state index is 0.0727. The summed E-state index contributed by atoms with van der Waals surface area (Å²) in [5.74, 6) is 1.32. The van der Waals surface area contributed by atoms with Crippen LogP contribution in [0.3, 0.4) is 0 Å². The SMILES string of the molecule is CC1CCC(NC(=O)C2CCC(CNS(=O)(=O)c3ccc(Cl)cc3)CC2)CC1. The highest BCUT2D eigenvalue weighted by Crippen LogP contribution is 2.30. The van der Waals surface area contributed by atoms with Crippen LogP contribution in [0.4, 0.5) is 0 Å². The van der Waals surface area contributed by atoms with Gasteiger partial charge in [-0.2, -0.15) is 0 Å². The number of hydrogen-bond acceptors (Lipinski definition) is 3. The fraction of sp³-hybridized carbons (Fsp3) is 0.667. The molecule has 2 aliphatic rings. The van der Waals surface area contributed by atoms with Gasteiger partial charge in [-0.05, 0) is 87.5 Å². The molecule has 28 heavy (non-hydrogen) atoms. The Hall–Kier alpha value is -1.11. The Morgan fingerprint density at radius 1 is 1.00 bits per heavy atom. The van der Waals surface area contributed by atoms with Gasteiger partial charge in [0.15, 0.2) is 0 Å². The first-order chi connectivity index (χ1) is 13.3. The summed E-state index contributed by atoms with van der Waals surface area (Å²) in [5.41, 5.74) is 0. The van der Waals surface area contributed by atoms with Crippen molar-refractivity contribution in [2.75, 3.05) is 6.54 Å². The Kier molecular flexibility index (Phi) is 7.40. The molecule has 2 saturated carbocycles. The summed E-state index contributed by atoms with van der Waals surface area (Å²) in [6, 6.07) is 6.52. The number of carbonyl (C=O) groups excluding carboxylic acids is 1. The van der Waals surface area contributed by atoms with Crippen LogP contribution in [0.5, 0.6) is 0 Å². The first-order valence-corrected chi connectivity index (χ1v) is 12.2. The van der Waals surface area contributed by atoms with Crippen molar-refractivity contribution in [3.05, 3.63) is 29.3 Å². The highest BCUT2D eigenvalue weighted by molar-refractivity contribution is 7.89. The average Bonchev–Trinajstić information content (AvgIpc) is 2.69. The van der Waals surface area contributed by atoms with E-state index >= 15 is 0 Å². The van der Waals surface area contributed by atoms with Crippen LogP contribution < -0.4 is 10.0 Å². The van der Waals surface area contributed by atoms with Crippen molar-refractivity contribution in [3.63, 3.8) is 0 Å². The van der Waals surface area contributed by atoms with Crippen LogP contribution in [0.25, 0.3) is 0 Å². The average molecular weight is 427 g/mol. The summed E-state index contributed by atoms with van der Waals surface area (Å²) in [5, 5.41) is 3.76. The third-order valence-corrected chi connectivity index (χ3v) is 7.96. The van der Waals surface area contributed by atoms with E-state index < -0.39 is 10.0 Å². The number of nitrogens with one attached hydrogen (secondary N) is 2. The smallest absolute Gasteiger partial charge is 0.240 e. The van der Waals surface area contributed by atoms with Crippen LogP contribution in [0, 0.1) is 17.8 Å². The van der Waals surface area contributed by atoms with Gasteiger partial charge in [-0.25, -0.2) is 13.1 Å². The van der Waals surface area contributed by atoms with E-state index in [2.05, 4.69) is 17.0 Å². The molecule has 1 aromatic rings. The van der Waals surface area contributed by atoms with Crippen molar-refractivity contribution in [2.24, 2.45) is 17.8 Å². The monoisotopic (exact) mass is 426 g/mol. The fourth-order valence-corrected chi connectivity index (χ4v) is 5.52. The van der Waals surface area contributed by atoms with Gasteiger partial charge in [0.05, 0.1) is 4.90 Å². The lowest BCUT2D eigenvalue weighted by molar-refractivity contribution is -0.127. The Morgan fingerprint density at radius 3 is 2.21 bits per heavy atom. The molecule has 0 spiro atoms. The van der Waals surface area contributed by atoms with Crippen molar-refractivity contribution >= 4 is 27.5 Å². The van der Waals surface area contributed by atoms with Gasteiger partial charge in [0.25, 0.3) is 0 Å². The van der Waals surface area contributed by atoms with Crippen LogP contribution in [-0.4, -0.2) is 26.9 Å². The molecule has 156 valence electrons. The van der Waals surface area contributed by atoms with Crippen LogP contribution in [0.1, 0.15) is 58.3 Å². The van der Waals surface area contributed by atoms with Gasteiger partial charge >= 0.3 is 0 Å². The maximum Gasteiger partial charge on any atom is 0.240 e. The van der Waals surface area contributed by atoms with Gasteiger partial charge in [-0.15, -0.1) is 0 Å². The quantitative estimate of drug-likeness (QED) is 0.718. The molecule has 5 nitrogen and oxygen atoms in total. The molecule has 0 radical (unpaired) electrons. The molecule has 0 aromatic heterocycles. The van der Waals surface area contributed by atoms with Crippen molar-refractivity contribution in [2.45, 2.75) is 69.2 Å². The molecular weight excluding hydrogens is 396 g/mol. The number of amides is 1. The molecule has 0 heterocycles.